The van der Waals surface area contributed by atoms with Gasteiger partial charge >= 0.3 is 0 Å². The molecular formula is C30H20N2Si. The van der Waals surface area contributed by atoms with Gasteiger partial charge in [-0.2, -0.15) is 0 Å². The zero-order valence-corrected chi connectivity index (χ0v) is 19.1. The first-order valence-electron chi connectivity index (χ1n) is 11.2. The number of nitrogens with zero attached hydrogens (tertiary/aromatic N) is 2. The first-order valence-corrected chi connectivity index (χ1v) is 12.4. The smallest absolute Gasteiger partial charge is 0.0705 e. The van der Waals surface area contributed by atoms with Gasteiger partial charge in [0.2, 0.25) is 0 Å². The molecule has 2 nitrogen and oxygen atoms in total. The first-order chi connectivity index (χ1) is 16.3. The summed E-state index contributed by atoms with van der Waals surface area (Å²) >= 11 is 0. The van der Waals surface area contributed by atoms with Crippen LogP contribution in [-0.2, 0) is 5.41 Å². The standard InChI is InChI=1S/C30H20N2Si/c1-2-9-27-24(8-1)29-28(33-27)10-3-15-30(29,22-13-11-20-6-4-16-31-25(20)18-22)23-14-12-21-7-5-17-32-26(21)19-23/h1-19,33H. The lowest BCUT2D eigenvalue weighted by atomic mass is 9.66. The van der Waals surface area contributed by atoms with E-state index in [9.17, 15) is 0 Å². The van der Waals surface area contributed by atoms with Crippen molar-refractivity contribution >= 4 is 36.5 Å². The molecule has 0 amide bonds. The van der Waals surface area contributed by atoms with Crippen LogP contribution in [0, 0.1) is 4.81 Å². The molecule has 3 heteroatoms. The number of allylic oxidation sites excluding steroid dienone is 4. The molecule has 0 N–H and O–H groups in total. The van der Waals surface area contributed by atoms with Crippen molar-refractivity contribution in [2.24, 2.45) is 0 Å². The molecule has 5 aromatic rings. The van der Waals surface area contributed by atoms with Crippen molar-refractivity contribution in [3.8, 4) is 0 Å². The van der Waals surface area contributed by atoms with Crippen LogP contribution in [0.2, 0.25) is 0 Å². The van der Waals surface area contributed by atoms with Gasteiger partial charge in [0, 0.05) is 32.3 Å². The van der Waals surface area contributed by atoms with Gasteiger partial charge in [-0.05, 0) is 56.2 Å². The van der Waals surface area contributed by atoms with Gasteiger partial charge in [-0.3, -0.25) is 9.97 Å². The quantitative estimate of drug-likeness (QED) is 0.361. The van der Waals surface area contributed by atoms with E-state index in [0.717, 1.165) is 21.8 Å². The fourth-order valence-electron chi connectivity index (χ4n) is 5.47. The lowest BCUT2D eigenvalue weighted by Crippen LogP contribution is -2.32. The molecule has 33 heavy (non-hydrogen) atoms. The first kappa shape index (κ1) is 18.6. The van der Waals surface area contributed by atoms with Crippen molar-refractivity contribution in [3.63, 3.8) is 0 Å². The fourth-order valence-corrected chi connectivity index (χ4v) is 7.14. The molecule has 2 aromatic heterocycles. The number of fused-ring (bicyclic) bond motifs is 4. The van der Waals surface area contributed by atoms with Crippen molar-refractivity contribution in [3.05, 3.63) is 142 Å². The molecule has 154 valence electrons. The molecule has 0 fully saturated rings. The third-order valence-corrected chi connectivity index (χ3v) is 8.58. The number of hydrogen-bond donors (Lipinski definition) is 0. The Morgan fingerprint density at radius 1 is 0.667 bits per heavy atom. The summed E-state index contributed by atoms with van der Waals surface area (Å²) in [5.41, 5.74) is 5.57. The van der Waals surface area contributed by atoms with Gasteiger partial charge in [-0.15, -0.1) is 0 Å². The minimum Gasteiger partial charge on any atom is -0.256 e. The number of benzene rings is 3. The molecule has 0 bridgehead atoms. The van der Waals surface area contributed by atoms with Crippen LogP contribution in [0.5, 0.6) is 0 Å². The summed E-state index contributed by atoms with van der Waals surface area (Å²) in [7, 11) is 0.0745. The zero-order valence-electron chi connectivity index (χ0n) is 17.9. The topological polar surface area (TPSA) is 25.8 Å². The Hall–Kier alpha value is -3.95. The second kappa shape index (κ2) is 7.02. The molecule has 3 heterocycles. The van der Waals surface area contributed by atoms with Crippen LogP contribution < -0.4 is 5.22 Å². The average molecular weight is 437 g/mol. The molecule has 0 saturated carbocycles. The van der Waals surface area contributed by atoms with E-state index in [0.29, 0.717) is 0 Å². The lowest BCUT2D eigenvalue weighted by Gasteiger charge is -2.37. The second-order valence-corrected chi connectivity index (χ2v) is 10.3. The Bertz CT molecular complexity index is 1700. The SMILES string of the molecule is C1=CC(c2ccc3cccnc3c2)(c2ccc3cccnc3c2)C2=c3ccccc3=[SiH]C2=C1. The molecule has 0 spiro atoms. The molecule has 1 aliphatic carbocycles. The largest absolute Gasteiger partial charge is 0.256 e. The Kier molecular flexibility index (Phi) is 3.96. The summed E-state index contributed by atoms with van der Waals surface area (Å²) in [5, 5.41) is 5.18. The summed E-state index contributed by atoms with van der Waals surface area (Å²) in [6, 6.07) is 30.7. The van der Waals surface area contributed by atoms with Crippen molar-refractivity contribution in [1.29, 1.82) is 0 Å². The van der Waals surface area contributed by atoms with Gasteiger partial charge in [0.25, 0.3) is 0 Å². The highest BCUT2D eigenvalue weighted by Gasteiger charge is 2.40. The molecule has 3 aromatic carbocycles. The van der Waals surface area contributed by atoms with E-state index in [1.54, 1.807) is 0 Å². The average Bonchev–Trinajstić information content (AvgIpc) is 3.27. The van der Waals surface area contributed by atoms with Crippen LogP contribution in [0.15, 0.2) is 121 Å². The van der Waals surface area contributed by atoms with E-state index in [4.69, 9.17) is 0 Å². The minimum atomic E-state index is -0.388. The van der Waals surface area contributed by atoms with Crippen molar-refractivity contribution < 1.29 is 0 Å². The highest BCUT2D eigenvalue weighted by Crippen LogP contribution is 2.47. The van der Waals surface area contributed by atoms with Crippen LogP contribution in [0.3, 0.4) is 0 Å². The van der Waals surface area contributed by atoms with Crippen LogP contribution in [-0.4, -0.2) is 19.1 Å². The third-order valence-electron chi connectivity index (χ3n) is 6.97. The molecule has 0 atom stereocenters. The van der Waals surface area contributed by atoms with Gasteiger partial charge < -0.3 is 0 Å². The zero-order chi connectivity index (χ0) is 21.8. The van der Waals surface area contributed by atoms with Gasteiger partial charge in [0.1, 0.15) is 0 Å². The summed E-state index contributed by atoms with van der Waals surface area (Å²) in [5.74, 6) is 0. The lowest BCUT2D eigenvalue weighted by molar-refractivity contribution is 0.834. The van der Waals surface area contributed by atoms with Crippen molar-refractivity contribution in [2.75, 3.05) is 0 Å². The number of pyridine rings is 2. The summed E-state index contributed by atoms with van der Waals surface area (Å²) in [6.45, 7) is 0. The van der Waals surface area contributed by atoms with Crippen LogP contribution >= 0.6 is 0 Å². The summed E-state index contributed by atoms with van der Waals surface area (Å²) < 4.78 is 0. The van der Waals surface area contributed by atoms with Gasteiger partial charge in [0.15, 0.2) is 0 Å². The summed E-state index contributed by atoms with van der Waals surface area (Å²) in [4.78, 5) is 10.8. The highest BCUT2D eigenvalue weighted by atomic mass is 28.2. The fraction of sp³-hybridized carbons (Fsp3) is 0.0333. The molecule has 0 saturated heterocycles. The number of rotatable bonds is 2. The van der Waals surface area contributed by atoms with Crippen LogP contribution in [0.4, 0.5) is 0 Å². The number of aromatic nitrogens is 2. The molecular weight excluding hydrogens is 416 g/mol. The summed E-state index contributed by atoms with van der Waals surface area (Å²) in [6.07, 6.45) is 10.7. The van der Waals surface area contributed by atoms with E-state index in [2.05, 4.69) is 101 Å². The molecule has 0 unspecified atom stereocenters. The molecule has 7 rings (SSSR count). The van der Waals surface area contributed by atoms with Crippen molar-refractivity contribution in [2.45, 2.75) is 5.41 Å². The monoisotopic (exact) mass is 436 g/mol. The normalized spacial score (nSPS) is 15.8. The predicted octanol–water partition coefficient (Wildman–Crippen LogP) is 5.07. The Morgan fingerprint density at radius 2 is 1.33 bits per heavy atom. The second-order valence-electron chi connectivity index (χ2n) is 8.72. The Labute approximate surface area is 193 Å². The van der Waals surface area contributed by atoms with Gasteiger partial charge in [-0.1, -0.05) is 78.9 Å². The minimum absolute atomic E-state index is 0.0745. The predicted molar refractivity (Wildman–Crippen MR) is 137 cm³/mol. The van der Waals surface area contributed by atoms with Crippen molar-refractivity contribution in [1.82, 2.24) is 9.97 Å². The molecule has 1 aliphatic heterocycles. The van der Waals surface area contributed by atoms with E-state index < -0.39 is 0 Å². The Balaban J connectivity index is 1.63. The highest BCUT2D eigenvalue weighted by molar-refractivity contribution is 6.45. The maximum absolute atomic E-state index is 4.69. The van der Waals surface area contributed by atoms with E-state index >= 15 is 0 Å². The van der Waals surface area contributed by atoms with Gasteiger partial charge in [0.05, 0.1) is 16.4 Å². The van der Waals surface area contributed by atoms with Crippen LogP contribution in [0.25, 0.3) is 27.4 Å². The van der Waals surface area contributed by atoms with E-state index in [1.165, 1.54) is 31.9 Å². The van der Waals surface area contributed by atoms with E-state index in [1.807, 2.05) is 24.5 Å². The Morgan fingerprint density at radius 3 is 2.03 bits per heavy atom. The van der Waals surface area contributed by atoms with Crippen LogP contribution in [0.1, 0.15) is 11.1 Å². The maximum atomic E-state index is 4.69. The molecule has 0 radical (unpaired) electrons. The third kappa shape index (κ3) is 2.69. The number of hydrogen-bond acceptors (Lipinski definition) is 2. The van der Waals surface area contributed by atoms with Gasteiger partial charge in [-0.25, -0.2) is 0 Å². The maximum Gasteiger partial charge on any atom is 0.0705 e. The van der Waals surface area contributed by atoms with E-state index in [-0.39, 0.29) is 14.5 Å². The molecule has 2 aliphatic rings.